The minimum Gasteiger partial charge on any atom is -0.455 e. The number of hydrogen-bond acceptors (Lipinski definition) is 4. The third-order valence-corrected chi connectivity index (χ3v) is 6.79. The molecule has 29 heavy (non-hydrogen) atoms. The molecule has 0 radical (unpaired) electrons. The summed E-state index contributed by atoms with van der Waals surface area (Å²) in [4.78, 5) is 39.5. The largest absolute Gasteiger partial charge is 0.455 e. The van der Waals surface area contributed by atoms with Gasteiger partial charge in [-0.25, -0.2) is 0 Å². The Morgan fingerprint density at radius 3 is 2.03 bits per heavy atom. The molecule has 0 spiro atoms. The summed E-state index contributed by atoms with van der Waals surface area (Å²) >= 11 is 0. The molecule has 0 aliphatic heterocycles. The van der Waals surface area contributed by atoms with Crippen LogP contribution in [0.3, 0.4) is 0 Å². The van der Waals surface area contributed by atoms with Crippen molar-refractivity contribution < 1.29 is 19.1 Å². The summed E-state index contributed by atoms with van der Waals surface area (Å²) in [6, 6.07) is 0. The molecule has 4 bridgehead atoms. The molecule has 0 heterocycles. The second-order valence-electron chi connectivity index (χ2n) is 10.9. The first-order chi connectivity index (χ1) is 13.5. The van der Waals surface area contributed by atoms with Crippen molar-refractivity contribution in [3.63, 3.8) is 0 Å². The Labute approximate surface area is 175 Å². The van der Waals surface area contributed by atoms with Crippen LogP contribution in [0.4, 0.5) is 0 Å². The highest BCUT2D eigenvalue weighted by molar-refractivity contribution is 5.83. The van der Waals surface area contributed by atoms with E-state index in [9.17, 15) is 14.4 Å². The first-order valence-corrected chi connectivity index (χ1v) is 11.3. The molecule has 2 unspecified atom stereocenters. The van der Waals surface area contributed by atoms with Crippen molar-refractivity contribution in [1.29, 1.82) is 0 Å². The van der Waals surface area contributed by atoms with Gasteiger partial charge in [-0.05, 0) is 62.2 Å². The van der Waals surface area contributed by atoms with Gasteiger partial charge < -0.3 is 15.0 Å². The van der Waals surface area contributed by atoms with Crippen LogP contribution in [0.15, 0.2) is 0 Å². The smallest absolute Gasteiger partial charge is 0.312 e. The van der Waals surface area contributed by atoms with Gasteiger partial charge in [0.05, 0.1) is 5.41 Å². The molecular formula is C23H38N2O4. The van der Waals surface area contributed by atoms with Crippen LogP contribution in [-0.2, 0) is 19.1 Å². The zero-order valence-corrected chi connectivity index (χ0v) is 18.8. The van der Waals surface area contributed by atoms with Crippen molar-refractivity contribution in [1.82, 2.24) is 10.2 Å². The van der Waals surface area contributed by atoms with E-state index < -0.39 is 5.41 Å². The maximum atomic E-state index is 13.2. The zero-order chi connectivity index (χ0) is 21.4. The second-order valence-corrected chi connectivity index (χ2v) is 10.9. The molecule has 4 rings (SSSR count). The second kappa shape index (κ2) is 8.27. The van der Waals surface area contributed by atoms with Gasteiger partial charge in [0.25, 0.3) is 5.91 Å². The van der Waals surface area contributed by atoms with Crippen LogP contribution >= 0.6 is 0 Å². The van der Waals surface area contributed by atoms with Crippen LogP contribution in [0.25, 0.3) is 0 Å². The summed E-state index contributed by atoms with van der Waals surface area (Å²) in [5, 5.41) is 3.17. The highest BCUT2D eigenvalue weighted by atomic mass is 16.5. The fourth-order valence-electron chi connectivity index (χ4n) is 6.55. The Morgan fingerprint density at radius 2 is 1.55 bits per heavy atom. The number of nitrogens with zero attached hydrogens (tertiary/aromatic N) is 1. The van der Waals surface area contributed by atoms with Crippen molar-refractivity contribution in [2.75, 3.05) is 19.7 Å². The van der Waals surface area contributed by atoms with Crippen molar-refractivity contribution in [3.8, 4) is 0 Å². The number of nitrogens with one attached hydrogen (secondary N) is 1. The zero-order valence-electron chi connectivity index (χ0n) is 18.8. The van der Waals surface area contributed by atoms with Crippen LogP contribution in [0, 0.1) is 29.1 Å². The summed E-state index contributed by atoms with van der Waals surface area (Å²) in [7, 11) is 0. The summed E-state index contributed by atoms with van der Waals surface area (Å²) in [5.41, 5.74) is -0.798. The van der Waals surface area contributed by atoms with E-state index in [4.69, 9.17) is 4.74 Å². The lowest BCUT2D eigenvalue weighted by Gasteiger charge is -2.60. The van der Waals surface area contributed by atoms with Gasteiger partial charge in [-0.2, -0.15) is 0 Å². The van der Waals surface area contributed by atoms with E-state index in [1.807, 2.05) is 4.90 Å². The van der Waals surface area contributed by atoms with Gasteiger partial charge >= 0.3 is 5.97 Å². The molecule has 6 heteroatoms. The first kappa shape index (κ1) is 22.1. The normalized spacial score (nSPS) is 32.5. The standard InChI is InChI=1S/C23H38N2O4/c1-15(2)11-25(12-16(3)4)20(27)13-29-21(28)22-7-18-6-19(8-22)10-23(9-18,14-22)24-17(5)26/h15-16,18-19H,6-14H2,1-5H3,(H,24,26). The summed E-state index contributed by atoms with van der Waals surface area (Å²) in [6.45, 7) is 11.1. The Morgan fingerprint density at radius 1 is 1.00 bits per heavy atom. The number of carbonyl (C=O) groups is 3. The van der Waals surface area contributed by atoms with Crippen molar-refractivity contribution >= 4 is 17.8 Å². The molecule has 4 aliphatic rings. The number of amides is 2. The molecule has 2 amide bonds. The van der Waals surface area contributed by atoms with E-state index in [0.29, 0.717) is 43.2 Å². The van der Waals surface area contributed by atoms with E-state index in [1.54, 1.807) is 6.92 Å². The maximum absolute atomic E-state index is 13.2. The topological polar surface area (TPSA) is 75.7 Å². The molecule has 1 N–H and O–H groups in total. The van der Waals surface area contributed by atoms with Gasteiger partial charge in [-0.3, -0.25) is 14.4 Å². The highest BCUT2D eigenvalue weighted by Gasteiger charge is 2.61. The molecule has 164 valence electrons. The van der Waals surface area contributed by atoms with Gasteiger partial charge in [0.15, 0.2) is 6.61 Å². The van der Waals surface area contributed by atoms with E-state index >= 15 is 0 Å². The number of carbonyl (C=O) groups excluding carboxylic acids is 3. The van der Waals surface area contributed by atoms with Gasteiger partial charge in [0, 0.05) is 25.6 Å². The van der Waals surface area contributed by atoms with E-state index in [1.165, 1.54) is 0 Å². The van der Waals surface area contributed by atoms with E-state index in [2.05, 4.69) is 33.0 Å². The first-order valence-electron chi connectivity index (χ1n) is 11.3. The maximum Gasteiger partial charge on any atom is 0.312 e. The molecule has 0 aromatic carbocycles. The monoisotopic (exact) mass is 406 g/mol. The lowest BCUT2D eigenvalue weighted by molar-refractivity contribution is -0.178. The van der Waals surface area contributed by atoms with Crippen molar-refractivity contribution in [2.45, 2.75) is 78.7 Å². The van der Waals surface area contributed by atoms with Crippen molar-refractivity contribution in [2.24, 2.45) is 29.1 Å². The molecule has 0 saturated heterocycles. The summed E-state index contributed by atoms with van der Waals surface area (Å²) < 4.78 is 5.64. The van der Waals surface area contributed by atoms with Gasteiger partial charge in [-0.1, -0.05) is 27.7 Å². The van der Waals surface area contributed by atoms with Gasteiger partial charge in [0.1, 0.15) is 0 Å². The predicted octanol–water partition coefficient (Wildman–Crippen LogP) is 3.15. The molecule has 4 fully saturated rings. The fraction of sp³-hybridized carbons (Fsp3) is 0.870. The van der Waals surface area contributed by atoms with Crippen LogP contribution < -0.4 is 5.32 Å². The Kier molecular flexibility index (Phi) is 6.30. The Balaban J connectivity index is 1.65. The molecule has 6 nitrogen and oxygen atoms in total. The quantitative estimate of drug-likeness (QED) is 0.628. The molecule has 2 atom stereocenters. The summed E-state index contributed by atoms with van der Waals surface area (Å²) in [5.74, 6) is 1.30. The average Bonchev–Trinajstić information content (AvgIpc) is 2.55. The van der Waals surface area contributed by atoms with Crippen molar-refractivity contribution in [3.05, 3.63) is 0 Å². The number of rotatable bonds is 8. The molecule has 4 aliphatic carbocycles. The SMILES string of the molecule is CC(=O)NC12CC3CC(C1)CC(C(=O)OCC(=O)N(CC(C)C)CC(C)C)(C3)C2. The number of ether oxygens (including phenoxy) is 1. The van der Waals surface area contributed by atoms with Gasteiger partial charge in [-0.15, -0.1) is 0 Å². The minimum atomic E-state index is -0.534. The molecule has 0 aromatic rings. The minimum absolute atomic E-state index is 0.0244. The number of esters is 1. The molecular weight excluding hydrogens is 368 g/mol. The third-order valence-electron chi connectivity index (χ3n) is 6.79. The third kappa shape index (κ3) is 4.95. The van der Waals surface area contributed by atoms with E-state index in [-0.39, 0.29) is 29.9 Å². The average molecular weight is 407 g/mol. The predicted molar refractivity (Wildman–Crippen MR) is 111 cm³/mol. The van der Waals surface area contributed by atoms with Crippen LogP contribution in [-0.4, -0.2) is 47.9 Å². The lowest BCUT2D eigenvalue weighted by atomic mass is 9.47. The molecule has 0 aromatic heterocycles. The van der Waals surface area contributed by atoms with Crippen LogP contribution in [0.5, 0.6) is 0 Å². The van der Waals surface area contributed by atoms with E-state index in [0.717, 1.165) is 32.1 Å². The highest BCUT2D eigenvalue weighted by Crippen LogP contribution is 2.62. The lowest BCUT2D eigenvalue weighted by Crippen LogP contribution is -2.64. The number of hydrogen-bond donors (Lipinski definition) is 1. The van der Waals surface area contributed by atoms with Crippen LogP contribution in [0.2, 0.25) is 0 Å². The Bertz CT molecular complexity index is 633. The van der Waals surface area contributed by atoms with Crippen LogP contribution in [0.1, 0.15) is 73.1 Å². The Hall–Kier alpha value is -1.59. The molecule has 4 saturated carbocycles. The fourth-order valence-corrected chi connectivity index (χ4v) is 6.55. The van der Waals surface area contributed by atoms with Gasteiger partial charge in [0.2, 0.25) is 5.91 Å². The summed E-state index contributed by atoms with van der Waals surface area (Å²) in [6.07, 6.45) is 5.40.